The van der Waals surface area contributed by atoms with E-state index in [2.05, 4.69) is 20.8 Å². The molecule has 0 saturated carbocycles. The van der Waals surface area contributed by atoms with E-state index in [1.807, 2.05) is 0 Å². The molecule has 43 heavy (non-hydrogen) atoms. The van der Waals surface area contributed by atoms with Gasteiger partial charge in [-0.05, 0) is 33.5 Å². The molecule has 222 valence electrons. The molecule has 0 bridgehead atoms. The molecule has 5 rings (SSSR count). The minimum atomic E-state index is -1.58. The maximum atomic E-state index is 13.3. The van der Waals surface area contributed by atoms with Gasteiger partial charge in [0.1, 0.15) is 17.1 Å². The molecule has 2 aromatic carbocycles. The number of amides is 2. The van der Waals surface area contributed by atoms with Crippen molar-refractivity contribution in [3.8, 4) is 0 Å². The molecule has 0 aliphatic carbocycles. The predicted molar refractivity (Wildman–Crippen MR) is 152 cm³/mol. The lowest BCUT2D eigenvalue weighted by Gasteiger charge is -2.51. The molecule has 3 aromatic rings. The first-order valence-electron chi connectivity index (χ1n) is 12.7. The standard InChI is InChI=1S/C26H23N7O8S2/c1-31-26(28-29-30-31)42-12-16-17(11-13-7-9-15(10-8-13)33(40)41)43-23-19(22(35)32(23)20(16)25(38)39)27-21(34)18(24(36)37)14-5-3-2-4-6-14/h2-10,17-19,23H,11-12H2,1H3,(H,27,34)(H,36,37)(H,38,39)/t17?,18?,19?,23-/m1/s1. The Hall–Kier alpha value is -4.77. The van der Waals surface area contributed by atoms with Crippen molar-refractivity contribution >= 4 is 53.0 Å². The fourth-order valence-electron chi connectivity index (χ4n) is 4.85. The van der Waals surface area contributed by atoms with Crippen LogP contribution in [0.3, 0.4) is 0 Å². The number of carboxylic acid groups (broad SMARTS) is 2. The summed E-state index contributed by atoms with van der Waals surface area (Å²) in [5.74, 6) is -5.80. The first-order chi connectivity index (χ1) is 20.6. The van der Waals surface area contributed by atoms with Gasteiger partial charge in [0.2, 0.25) is 11.1 Å². The number of β-lactam (4-membered cyclic amide) rings is 1. The van der Waals surface area contributed by atoms with Crippen LogP contribution in [0.5, 0.6) is 0 Å². The van der Waals surface area contributed by atoms with E-state index in [1.54, 1.807) is 37.4 Å². The largest absolute Gasteiger partial charge is 0.480 e. The summed E-state index contributed by atoms with van der Waals surface area (Å²) in [6.07, 6.45) is 0.257. The molecule has 17 heteroatoms. The summed E-state index contributed by atoms with van der Waals surface area (Å²) < 4.78 is 1.42. The number of hydrogen-bond acceptors (Lipinski definition) is 11. The Kier molecular flexibility index (Phi) is 8.45. The average molecular weight is 626 g/mol. The second-order valence-corrected chi connectivity index (χ2v) is 11.8. The minimum absolute atomic E-state index is 0.0997. The summed E-state index contributed by atoms with van der Waals surface area (Å²) in [5.41, 5.74) is 0.979. The van der Waals surface area contributed by atoms with Crippen LogP contribution in [0.4, 0.5) is 5.69 Å². The van der Waals surface area contributed by atoms with E-state index in [9.17, 15) is 39.5 Å². The van der Waals surface area contributed by atoms with E-state index in [0.29, 0.717) is 16.3 Å². The summed E-state index contributed by atoms with van der Waals surface area (Å²) in [7, 11) is 1.63. The minimum Gasteiger partial charge on any atom is -0.480 e. The number of nitro groups is 1. The molecule has 3 heterocycles. The molecule has 0 spiro atoms. The smallest absolute Gasteiger partial charge is 0.352 e. The Bertz CT molecular complexity index is 1630. The maximum absolute atomic E-state index is 13.3. The number of carbonyl (C=O) groups is 4. The fourth-order valence-corrected chi connectivity index (χ4v) is 7.55. The molecule has 1 fully saturated rings. The monoisotopic (exact) mass is 625 g/mol. The summed E-state index contributed by atoms with van der Waals surface area (Å²) in [4.78, 5) is 62.7. The predicted octanol–water partition coefficient (Wildman–Crippen LogP) is 1.43. The van der Waals surface area contributed by atoms with Gasteiger partial charge in [-0.2, -0.15) is 0 Å². The molecule has 1 saturated heterocycles. The molecule has 2 aliphatic rings. The Morgan fingerprint density at radius 3 is 2.42 bits per heavy atom. The van der Waals surface area contributed by atoms with Gasteiger partial charge >= 0.3 is 11.9 Å². The van der Waals surface area contributed by atoms with Crippen molar-refractivity contribution in [2.75, 3.05) is 5.75 Å². The van der Waals surface area contributed by atoms with Gasteiger partial charge in [0.15, 0.2) is 5.92 Å². The molecule has 3 N–H and O–H groups in total. The average Bonchev–Trinajstić information content (AvgIpc) is 3.39. The number of rotatable bonds is 11. The van der Waals surface area contributed by atoms with E-state index in [0.717, 1.165) is 4.90 Å². The number of aryl methyl sites for hydroxylation is 1. The van der Waals surface area contributed by atoms with Gasteiger partial charge in [0.05, 0.1) is 4.92 Å². The van der Waals surface area contributed by atoms with Crippen molar-refractivity contribution in [1.82, 2.24) is 30.4 Å². The summed E-state index contributed by atoms with van der Waals surface area (Å²) in [5, 5.41) is 44.0. The van der Waals surface area contributed by atoms with E-state index < -0.39 is 51.3 Å². The van der Waals surface area contributed by atoms with Gasteiger partial charge in [-0.25, -0.2) is 9.48 Å². The number of non-ortho nitro benzene ring substituents is 1. The SMILES string of the molecule is Cn1nnnc1SCC1=C(C(=O)O)N2C(=O)C(NC(=O)C(C(=O)O)c3ccccc3)[C@H]2SC1Cc1ccc([N+](=O)[O-])cc1. The van der Waals surface area contributed by atoms with E-state index in [1.165, 1.54) is 52.5 Å². The number of benzene rings is 2. The second kappa shape index (κ2) is 12.2. The lowest BCUT2D eigenvalue weighted by atomic mass is 9.95. The number of aromatic nitrogens is 4. The molecule has 2 aliphatic heterocycles. The van der Waals surface area contributed by atoms with Gasteiger partial charge < -0.3 is 15.5 Å². The van der Waals surface area contributed by atoms with Crippen molar-refractivity contribution < 1.29 is 34.3 Å². The van der Waals surface area contributed by atoms with Gasteiger partial charge in [-0.3, -0.25) is 29.4 Å². The number of hydrogen-bond donors (Lipinski definition) is 3. The van der Waals surface area contributed by atoms with E-state index in [4.69, 9.17) is 0 Å². The van der Waals surface area contributed by atoms with Crippen LogP contribution in [0.2, 0.25) is 0 Å². The van der Waals surface area contributed by atoms with Crippen molar-refractivity contribution in [1.29, 1.82) is 0 Å². The van der Waals surface area contributed by atoms with Crippen LogP contribution in [-0.4, -0.2) is 86.4 Å². The molecule has 15 nitrogen and oxygen atoms in total. The number of tetrazole rings is 1. The quantitative estimate of drug-likeness (QED) is 0.0906. The number of carboxylic acids is 2. The lowest BCUT2D eigenvalue weighted by Crippen LogP contribution is -2.71. The van der Waals surface area contributed by atoms with E-state index >= 15 is 0 Å². The molecular weight excluding hydrogens is 602 g/mol. The Morgan fingerprint density at radius 2 is 1.84 bits per heavy atom. The zero-order valence-corrected chi connectivity index (χ0v) is 23.9. The highest BCUT2D eigenvalue weighted by Gasteiger charge is 2.56. The van der Waals surface area contributed by atoms with Gasteiger partial charge in [-0.15, -0.1) is 16.9 Å². The van der Waals surface area contributed by atoms with Crippen molar-refractivity contribution in [2.24, 2.45) is 7.05 Å². The molecule has 0 radical (unpaired) electrons. The number of nitro benzene ring substituents is 1. The van der Waals surface area contributed by atoms with E-state index in [-0.39, 0.29) is 29.1 Å². The molecule has 1 aromatic heterocycles. The highest BCUT2D eigenvalue weighted by molar-refractivity contribution is 8.01. The number of aliphatic carboxylic acids is 2. The van der Waals surface area contributed by atoms with Crippen LogP contribution in [0.25, 0.3) is 0 Å². The third-order valence-corrected chi connectivity index (χ3v) is 9.53. The highest BCUT2D eigenvalue weighted by Crippen LogP contribution is 2.46. The number of nitrogens with one attached hydrogen (secondary N) is 1. The summed E-state index contributed by atoms with van der Waals surface area (Å²) in [6.45, 7) is 0. The highest BCUT2D eigenvalue weighted by atomic mass is 32.2. The fraction of sp³-hybridized carbons (Fsp3) is 0.269. The zero-order valence-electron chi connectivity index (χ0n) is 22.3. The third-order valence-electron chi connectivity index (χ3n) is 6.93. The summed E-state index contributed by atoms with van der Waals surface area (Å²) >= 11 is 2.42. The Morgan fingerprint density at radius 1 is 1.14 bits per heavy atom. The van der Waals surface area contributed by atoms with Gasteiger partial charge in [-0.1, -0.05) is 54.2 Å². The number of nitrogens with zero attached hydrogens (tertiary/aromatic N) is 6. The second-order valence-electron chi connectivity index (χ2n) is 9.57. The van der Waals surface area contributed by atoms with Gasteiger partial charge in [0, 0.05) is 30.2 Å². The zero-order chi connectivity index (χ0) is 30.8. The van der Waals surface area contributed by atoms with Crippen LogP contribution in [0.15, 0.2) is 71.0 Å². The van der Waals surface area contributed by atoms with Crippen molar-refractivity contribution in [3.63, 3.8) is 0 Å². The van der Waals surface area contributed by atoms with Crippen molar-refractivity contribution in [2.45, 2.75) is 34.2 Å². The molecular formula is C26H23N7O8S2. The van der Waals surface area contributed by atoms with Crippen LogP contribution >= 0.6 is 23.5 Å². The number of fused-ring (bicyclic) bond motifs is 1. The van der Waals surface area contributed by atoms with Crippen LogP contribution in [0.1, 0.15) is 17.0 Å². The molecule has 2 amide bonds. The first kappa shape index (κ1) is 29.7. The Balaban J connectivity index is 1.45. The maximum Gasteiger partial charge on any atom is 0.352 e. The first-order valence-corrected chi connectivity index (χ1v) is 14.6. The normalized spacial score (nSPS) is 20.2. The number of carbonyl (C=O) groups excluding carboxylic acids is 2. The third kappa shape index (κ3) is 5.94. The Labute approximate surface area is 251 Å². The van der Waals surface area contributed by atoms with Crippen LogP contribution < -0.4 is 5.32 Å². The topological polar surface area (TPSA) is 211 Å². The van der Waals surface area contributed by atoms with Crippen LogP contribution in [0, 0.1) is 10.1 Å². The van der Waals surface area contributed by atoms with Gasteiger partial charge in [0.25, 0.3) is 11.6 Å². The molecule has 4 atom stereocenters. The lowest BCUT2D eigenvalue weighted by molar-refractivity contribution is -0.384. The number of thioether (sulfide) groups is 2. The van der Waals surface area contributed by atoms with Crippen LogP contribution in [-0.2, 0) is 32.6 Å². The molecule has 3 unspecified atom stereocenters. The van der Waals surface area contributed by atoms with Crippen molar-refractivity contribution in [3.05, 3.63) is 87.1 Å². The summed E-state index contributed by atoms with van der Waals surface area (Å²) in [6, 6.07) is 12.5.